The van der Waals surface area contributed by atoms with Crippen molar-refractivity contribution in [2.24, 2.45) is 5.92 Å². The standard InChI is InChI=1S/C26H27ClN2O5/c1-16(2)14-29-17(3)24(26(32)33-4)22(25(29)31)12-18-8-10-21(11-9-18)34-15-23(30)28-20-7-5-6-19(27)13-20/h5-13,16H,14-15H2,1-4H3,(H,28,30)/b22-12+. The van der Waals surface area contributed by atoms with Gasteiger partial charge in [-0.05, 0) is 54.8 Å². The van der Waals surface area contributed by atoms with Crippen LogP contribution in [0.4, 0.5) is 5.69 Å². The predicted molar refractivity (Wildman–Crippen MR) is 131 cm³/mol. The number of nitrogens with zero attached hydrogens (tertiary/aromatic N) is 1. The first-order valence-corrected chi connectivity index (χ1v) is 11.2. The number of carbonyl (C=O) groups excluding carboxylic acids is 3. The third kappa shape index (κ3) is 6.05. The van der Waals surface area contributed by atoms with Crippen LogP contribution in [0.1, 0.15) is 26.3 Å². The van der Waals surface area contributed by atoms with Gasteiger partial charge in [0.25, 0.3) is 11.8 Å². The van der Waals surface area contributed by atoms with Crippen LogP contribution in [0.5, 0.6) is 5.75 Å². The Kier molecular flexibility index (Phi) is 8.12. The van der Waals surface area contributed by atoms with Gasteiger partial charge < -0.3 is 19.7 Å². The van der Waals surface area contributed by atoms with Crippen molar-refractivity contribution in [1.29, 1.82) is 0 Å². The second-order valence-corrected chi connectivity index (χ2v) is 8.67. The number of hydrogen-bond donors (Lipinski definition) is 1. The molecule has 0 unspecified atom stereocenters. The van der Waals surface area contributed by atoms with Crippen molar-refractivity contribution in [3.8, 4) is 5.75 Å². The van der Waals surface area contributed by atoms with Crippen LogP contribution in [0.2, 0.25) is 5.02 Å². The van der Waals surface area contributed by atoms with Crippen molar-refractivity contribution in [2.75, 3.05) is 25.6 Å². The van der Waals surface area contributed by atoms with Gasteiger partial charge >= 0.3 is 5.97 Å². The van der Waals surface area contributed by atoms with E-state index in [2.05, 4.69) is 5.32 Å². The van der Waals surface area contributed by atoms with Crippen molar-refractivity contribution in [3.05, 3.63) is 76.0 Å². The first-order valence-electron chi connectivity index (χ1n) is 10.8. The van der Waals surface area contributed by atoms with Crippen molar-refractivity contribution in [1.82, 2.24) is 4.90 Å². The van der Waals surface area contributed by atoms with E-state index >= 15 is 0 Å². The molecular weight excluding hydrogens is 456 g/mol. The number of allylic oxidation sites excluding steroid dienone is 1. The highest BCUT2D eigenvalue weighted by Gasteiger charge is 2.37. The molecule has 0 saturated heterocycles. The van der Waals surface area contributed by atoms with Crippen LogP contribution in [-0.2, 0) is 19.1 Å². The second kappa shape index (κ2) is 11.0. The monoisotopic (exact) mass is 482 g/mol. The van der Waals surface area contributed by atoms with Crippen molar-refractivity contribution in [2.45, 2.75) is 20.8 Å². The zero-order valence-corrected chi connectivity index (χ0v) is 20.3. The summed E-state index contributed by atoms with van der Waals surface area (Å²) in [6.07, 6.45) is 1.66. The Balaban J connectivity index is 1.70. The first kappa shape index (κ1) is 25.1. The Morgan fingerprint density at radius 2 is 1.85 bits per heavy atom. The number of anilines is 1. The Bertz CT molecular complexity index is 1150. The average molecular weight is 483 g/mol. The van der Waals surface area contributed by atoms with Gasteiger partial charge in [0.15, 0.2) is 6.61 Å². The summed E-state index contributed by atoms with van der Waals surface area (Å²) in [5.74, 6) is -0.371. The lowest BCUT2D eigenvalue weighted by Crippen LogP contribution is -2.28. The van der Waals surface area contributed by atoms with E-state index in [-0.39, 0.29) is 29.9 Å². The third-order valence-corrected chi connectivity index (χ3v) is 5.35. The maximum atomic E-state index is 13.0. The number of hydrogen-bond acceptors (Lipinski definition) is 5. The average Bonchev–Trinajstić information content (AvgIpc) is 3.02. The van der Waals surface area contributed by atoms with Gasteiger partial charge in [-0.15, -0.1) is 0 Å². The lowest BCUT2D eigenvalue weighted by Gasteiger charge is -2.19. The Hall–Kier alpha value is -3.58. The van der Waals surface area contributed by atoms with Crippen molar-refractivity contribution < 1.29 is 23.9 Å². The normalized spacial score (nSPS) is 14.7. The number of esters is 1. The van der Waals surface area contributed by atoms with Crippen molar-refractivity contribution in [3.63, 3.8) is 0 Å². The number of nitrogens with one attached hydrogen (secondary N) is 1. The van der Waals surface area contributed by atoms with Gasteiger partial charge in [0.05, 0.1) is 18.3 Å². The molecule has 0 aromatic heterocycles. The number of benzene rings is 2. The summed E-state index contributed by atoms with van der Waals surface area (Å²) in [6.45, 7) is 6.09. The van der Waals surface area contributed by atoms with Crippen LogP contribution < -0.4 is 10.1 Å². The number of rotatable bonds is 8. The fraction of sp³-hybridized carbons (Fsp3) is 0.269. The molecule has 2 amide bonds. The maximum absolute atomic E-state index is 13.0. The number of amides is 2. The van der Waals surface area contributed by atoms with E-state index in [1.54, 1.807) is 66.4 Å². The van der Waals surface area contributed by atoms with Crippen LogP contribution in [0.25, 0.3) is 6.08 Å². The quantitative estimate of drug-likeness (QED) is 0.436. The molecule has 2 aromatic carbocycles. The van der Waals surface area contributed by atoms with E-state index in [9.17, 15) is 14.4 Å². The molecule has 0 radical (unpaired) electrons. The molecule has 0 saturated carbocycles. The van der Waals surface area contributed by atoms with Gasteiger partial charge in [-0.3, -0.25) is 9.59 Å². The summed E-state index contributed by atoms with van der Waals surface area (Å²) in [6, 6.07) is 13.7. The van der Waals surface area contributed by atoms with E-state index < -0.39 is 5.97 Å². The summed E-state index contributed by atoms with van der Waals surface area (Å²) in [7, 11) is 1.30. The molecule has 0 aliphatic carbocycles. The number of methoxy groups -OCH3 is 1. The van der Waals surface area contributed by atoms with Gasteiger partial charge in [0, 0.05) is 23.0 Å². The smallest absolute Gasteiger partial charge is 0.340 e. The van der Waals surface area contributed by atoms with Crippen LogP contribution in [0.15, 0.2) is 65.4 Å². The molecule has 3 rings (SSSR count). The molecule has 34 heavy (non-hydrogen) atoms. The molecule has 0 spiro atoms. The van der Waals surface area contributed by atoms with Gasteiger partial charge in [-0.25, -0.2) is 4.79 Å². The summed E-state index contributed by atoms with van der Waals surface area (Å²) >= 11 is 5.92. The number of ether oxygens (including phenoxy) is 2. The van der Waals surface area contributed by atoms with Crippen LogP contribution in [0, 0.1) is 5.92 Å². The molecular formula is C26H27ClN2O5. The molecule has 178 valence electrons. The SMILES string of the molecule is COC(=O)C1=C(C)N(CC(C)C)C(=O)/C1=C/c1ccc(OCC(=O)Nc2cccc(Cl)c2)cc1. The molecule has 8 heteroatoms. The molecule has 0 fully saturated rings. The predicted octanol–water partition coefficient (Wildman–Crippen LogP) is 4.69. The maximum Gasteiger partial charge on any atom is 0.340 e. The highest BCUT2D eigenvalue weighted by molar-refractivity contribution is 6.30. The third-order valence-electron chi connectivity index (χ3n) is 5.12. The zero-order chi connectivity index (χ0) is 24.8. The van der Waals surface area contributed by atoms with Gasteiger partial charge in [-0.2, -0.15) is 0 Å². The molecule has 1 heterocycles. The zero-order valence-electron chi connectivity index (χ0n) is 19.6. The molecule has 2 aromatic rings. The Morgan fingerprint density at radius 3 is 2.47 bits per heavy atom. The molecule has 0 bridgehead atoms. The van der Waals surface area contributed by atoms with E-state index in [1.165, 1.54) is 7.11 Å². The van der Waals surface area contributed by atoms with E-state index in [0.717, 1.165) is 0 Å². The Labute approximate surface area is 204 Å². The fourth-order valence-corrected chi connectivity index (χ4v) is 3.74. The minimum atomic E-state index is -0.547. The van der Waals surface area contributed by atoms with Crippen molar-refractivity contribution >= 4 is 41.1 Å². The Morgan fingerprint density at radius 1 is 1.15 bits per heavy atom. The number of halogens is 1. The van der Waals surface area contributed by atoms with Gasteiger partial charge in [0.2, 0.25) is 0 Å². The highest BCUT2D eigenvalue weighted by atomic mass is 35.5. The molecule has 0 atom stereocenters. The summed E-state index contributed by atoms with van der Waals surface area (Å²) in [5.41, 5.74) is 2.44. The summed E-state index contributed by atoms with van der Waals surface area (Å²) in [5, 5.41) is 3.24. The minimum absolute atomic E-state index is 0.177. The summed E-state index contributed by atoms with van der Waals surface area (Å²) < 4.78 is 10.5. The first-order chi connectivity index (χ1) is 16.2. The lowest BCUT2D eigenvalue weighted by molar-refractivity contribution is -0.136. The molecule has 1 aliphatic heterocycles. The fourth-order valence-electron chi connectivity index (χ4n) is 3.55. The number of carbonyl (C=O) groups is 3. The van der Waals surface area contributed by atoms with E-state index in [4.69, 9.17) is 21.1 Å². The van der Waals surface area contributed by atoms with E-state index in [0.29, 0.717) is 39.8 Å². The second-order valence-electron chi connectivity index (χ2n) is 8.24. The molecule has 7 nitrogen and oxygen atoms in total. The van der Waals surface area contributed by atoms with Crippen LogP contribution >= 0.6 is 11.6 Å². The highest BCUT2D eigenvalue weighted by Crippen LogP contribution is 2.32. The minimum Gasteiger partial charge on any atom is -0.484 e. The molecule has 1 aliphatic rings. The topological polar surface area (TPSA) is 84.9 Å². The molecule has 1 N–H and O–H groups in total. The van der Waals surface area contributed by atoms with E-state index in [1.807, 2.05) is 13.8 Å². The lowest BCUT2D eigenvalue weighted by atomic mass is 10.0. The van der Waals surface area contributed by atoms with Crippen LogP contribution in [0.3, 0.4) is 0 Å². The summed E-state index contributed by atoms with van der Waals surface area (Å²) in [4.78, 5) is 39.1. The largest absolute Gasteiger partial charge is 0.484 e. The van der Waals surface area contributed by atoms with Gasteiger partial charge in [-0.1, -0.05) is 43.6 Å². The van der Waals surface area contributed by atoms with Gasteiger partial charge in [0.1, 0.15) is 5.75 Å². The van der Waals surface area contributed by atoms with Crippen LogP contribution in [-0.4, -0.2) is 42.9 Å².